The third-order valence-corrected chi connectivity index (χ3v) is 1.34. The minimum Gasteiger partial charge on any atom is -0.870 e. The number of hydrogen-bond donors (Lipinski definition) is 1. The van der Waals surface area contributed by atoms with Gasteiger partial charge in [-0.1, -0.05) is 0 Å². The molecule has 0 heterocycles. The zero-order chi connectivity index (χ0) is 9.35. The first-order chi connectivity index (χ1) is 5.41. The Labute approximate surface area is 79.2 Å². The molecule has 0 amide bonds. The predicted octanol–water partition coefficient (Wildman–Crippen LogP) is 0.851. The van der Waals surface area contributed by atoms with Crippen LogP contribution in [0, 0.1) is 0 Å². The van der Waals surface area contributed by atoms with E-state index in [9.17, 15) is 13.2 Å². The van der Waals surface area contributed by atoms with E-state index in [4.69, 9.17) is 13.0 Å². The first-order valence-corrected chi connectivity index (χ1v) is 3.07. The minimum atomic E-state index is -4.51. The summed E-state index contributed by atoms with van der Waals surface area (Å²) in [4.78, 5) is 0. The van der Waals surface area contributed by atoms with Crippen LogP contribution < -0.4 is 5.46 Å². The molecule has 3 N–H and O–H groups in total. The second-order valence-corrected chi connectivity index (χ2v) is 2.27. The molecule has 0 radical (unpaired) electrons. The molecular formula is C7H6BF3O3. The van der Waals surface area contributed by atoms with Crippen molar-refractivity contribution < 1.29 is 29.2 Å². The van der Waals surface area contributed by atoms with Gasteiger partial charge in [0, 0.05) is 0 Å². The Balaban J connectivity index is 0. The fourth-order valence-electron chi connectivity index (χ4n) is 0.790. The standard InChI is InChI=1S/C7H4BF3O.2H2O/c8-6-2-1-4(12)3-5(6)7(9,10)11;;/h1-3,12H;2*1H2/q+2;;/p-2. The Morgan fingerprint density at radius 3 is 2.00 bits per heavy atom. The van der Waals surface area contributed by atoms with Crippen LogP contribution >= 0.6 is 0 Å². The Bertz CT molecular complexity index is 301. The van der Waals surface area contributed by atoms with Crippen LogP contribution in [0.3, 0.4) is 0 Å². The summed E-state index contributed by atoms with van der Waals surface area (Å²) < 4.78 is 36.1. The van der Waals surface area contributed by atoms with Gasteiger partial charge in [-0.2, -0.15) is 0 Å². The van der Waals surface area contributed by atoms with Gasteiger partial charge in [-0.3, -0.25) is 0 Å². The number of rotatable bonds is 0. The quantitative estimate of drug-likeness (QED) is 0.638. The Kier molecular flexibility index (Phi) is 5.32. The zero-order valence-corrected chi connectivity index (χ0v) is 6.78. The zero-order valence-electron chi connectivity index (χ0n) is 6.78. The SMILES string of the molecule is [B+2]c1ccc(O)cc1C(F)(F)F.[OH-].[OH-]. The number of hydrogen-bond acceptors (Lipinski definition) is 3. The number of aromatic hydroxyl groups is 1. The summed E-state index contributed by atoms with van der Waals surface area (Å²) in [6.07, 6.45) is -4.51. The number of halogens is 3. The number of phenols is 1. The van der Waals surface area contributed by atoms with E-state index in [-0.39, 0.29) is 16.4 Å². The molecule has 0 fully saturated rings. The normalized spacial score (nSPS) is 10.1. The molecule has 3 nitrogen and oxygen atoms in total. The topological polar surface area (TPSA) is 80.2 Å². The molecule has 0 aromatic heterocycles. The first-order valence-electron chi connectivity index (χ1n) is 3.07. The number of benzene rings is 1. The van der Waals surface area contributed by atoms with Crippen LogP contribution in [0.4, 0.5) is 13.2 Å². The maximum absolute atomic E-state index is 12.0. The van der Waals surface area contributed by atoms with E-state index < -0.39 is 17.5 Å². The molecule has 0 atom stereocenters. The average molecular weight is 206 g/mol. The second kappa shape index (κ2) is 4.87. The maximum atomic E-state index is 12.0. The van der Waals surface area contributed by atoms with Crippen LogP contribution in [0.25, 0.3) is 0 Å². The molecule has 76 valence electrons. The van der Waals surface area contributed by atoms with E-state index in [1.54, 1.807) is 0 Å². The van der Waals surface area contributed by atoms with E-state index >= 15 is 0 Å². The molecule has 0 saturated carbocycles. The Morgan fingerprint density at radius 2 is 1.64 bits per heavy atom. The van der Waals surface area contributed by atoms with Crippen molar-refractivity contribution in [2.24, 2.45) is 0 Å². The number of alkyl halides is 3. The van der Waals surface area contributed by atoms with Crippen molar-refractivity contribution in [1.29, 1.82) is 0 Å². The Hall–Kier alpha value is -1.21. The van der Waals surface area contributed by atoms with Crippen LogP contribution in [0.2, 0.25) is 0 Å². The molecule has 0 aliphatic carbocycles. The van der Waals surface area contributed by atoms with E-state index in [0.717, 1.165) is 12.1 Å². The average Bonchev–Trinajstić information content (AvgIpc) is 1.92. The molecule has 0 bridgehead atoms. The summed E-state index contributed by atoms with van der Waals surface area (Å²) in [7, 11) is 5.04. The summed E-state index contributed by atoms with van der Waals surface area (Å²) in [5.41, 5.74) is -1.40. The largest absolute Gasteiger partial charge is 0.870 e. The third kappa shape index (κ3) is 3.27. The summed E-state index contributed by atoms with van der Waals surface area (Å²) in [6, 6.07) is 2.71. The van der Waals surface area contributed by atoms with Crippen molar-refractivity contribution in [3.63, 3.8) is 0 Å². The van der Waals surface area contributed by atoms with Crippen LogP contribution in [0.1, 0.15) is 5.56 Å². The van der Waals surface area contributed by atoms with Crippen molar-refractivity contribution >= 4 is 13.3 Å². The smallest absolute Gasteiger partial charge is 0.870 e. The van der Waals surface area contributed by atoms with E-state index in [2.05, 4.69) is 0 Å². The van der Waals surface area contributed by atoms with Crippen LogP contribution in [0.5, 0.6) is 5.75 Å². The van der Waals surface area contributed by atoms with Gasteiger partial charge in [0.1, 0.15) is 0 Å². The molecule has 0 aliphatic heterocycles. The van der Waals surface area contributed by atoms with Gasteiger partial charge >= 0.3 is 67.3 Å². The summed E-state index contributed by atoms with van der Waals surface area (Å²) in [5.74, 6) is -0.448. The van der Waals surface area contributed by atoms with E-state index in [1.807, 2.05) is 0 Å². The molecule has 0 aliphatic rings. The van der Waals surface area contributed by atoms with Crippen molar-refractivity contribution in [3.05, 3.63) is 23.8 Å². The van der Waals surface area contributed by atoms with Crippen molar-refractivity contribution in [3.8, 4) is 5.75 Å². The van der Waals surface area contributed by atoms with Gasteiger partial charge in [0.15, 0.2) is 0 Å². The molecule has 0 spiro atoms. The fraction of sp³-hybridized carbons (Fsp3) is 0.143. The number of phenolic OH excluding ortho intramolecular Hbond substituents is 1. The molecule has 1 aromatic rings. The molecule has 7 heteroatoms. The molecule has 1 aromatic carbocycles. The second-order valence-electron chi connectivity index (χ2n) is 2.27. The third-order valence-electron chi connectivity index (χ3n) is 1.34. The van der Waals surface area contributed by atoms with Gasteiger partial charge in [-0.05, 0) is 0 Å². The van der Waals surface area contributed by atoms with E-state index in [1.165, 1.54) is 0 Å². The summed E-state index contributed by atoms with van der Waals surface area (Å²) in [5, 5.41) is 8.75. The first kappa shape index (κ1) is 15.3. The monoisotopic (exact) mass is 206 g/mol. The van der Waals surface area contributed by atoms with Crippen molar-refractivity contribution in [2.45, 2.75) is 6.18 Å². The molecule has 0 unspecified atom stereocenters. The predicted molar refractivity (Wildman–Crippen MR) is 42.4 cm³/mol. The molecule has 0 saturated heterocycles. The van der Waals surface area contributed by atoms with Gasteiger partial charge in [-0.15, -0.1) is 0 Å². The molecule has 14 heavy (non-hydrogen) atoms. The van der Waals surface area contributed by atoms with Gasteiger partial charge in [0.2, 0.25) is 0 Å². The minimum absolute atomic E-state index is 0. The Morgan fingerprint density at radius 1 is 1.14 bits per heavy atom. The van der Waals surface area contributed by atoms with Gasteiger partial charge in [0.05, 0.1) is 0 Å². The molecule has 1 rings (SSSR count). The van der Waals surface area contributed by atoms with E-state index in [0.29, 0.717) is 6.07 Å². The van der Waals surface area contributed by atoms with Crippen molar-refractivity contribution in [1.82, 2.24) is 0 Å². The van der Waals surface area contributed by atoms with Gasteiger partial charge < -0.3 is 11.0 Å². The van der Waals surface area contributed by atoms with Crippen LogP contribution in [0.15, 0.2) is 18.2 Å². The van der Waals surface area contributed by atoms with Gasteiger partial charge in [0.25, 0.3) is 0 Å². The fourth-order valence-corrected chi connectivity index (χ4v) is 0.790. The van der Waals surface area contributed by atoms with Gasteiger partial charge in [-0.25, -0.2) is 0 Å². The maximum Gasteiger partial charge on any atom is -0.870 e. The van der Waals surface area contributed by atoms with Crippen LogP contribution in [-0.4, -0.2) is 23.9 Å². The summed E-state index contributed by atoms with van der Waals surface area (Å²) in [6.45, 7) is 0. The van der Waals surface area contributed by atoms with Crippen LogP contribution in [-0.2, 0) is 6.18 Å². The molecular weight excluding hydrogens is 200 g/mol. The summed E-state index contributed by atoms with van der Waals surface area (Å²) >= 11 is 0. The van der Waals surface area contributed by atoms with Crippen molar-refractivity contribution in [2.75, 3.05) is 0 Å².